The van der Waals surface area contributed by atoms with Crippen LogP contribution in [0, 0.1) is 5.92 Å². The number of nitrogens with zero attached hydrogens (tertiary/aromatic N) is 2. The molecule has 1 aliphatic rings. The summed E-state index contributed by atoms with van der Waals surface area (Å²) in [5, 5.41) is 3.52. The molecule has 0 bridgehead atoms. The van der Waals surface area contributed by atoms with Gasteiger partial charge in [0.15, 0.2) is 5.13 Å². The van der Waals surface area contributed by atoms with Gasteiger partial charge in [0, 0.05) is 18.5 Å². The molecule has 6 nitrogen and oxygen atoms in total. The van der Waals surface area contributed by atoms with Crippen LogP contribution in [0.5, 0.6) is 0 Å². The lowest BCUT2D eigenvalue weighted by molar-refractivity contribution is 0.0692. The first-order chi connectivity index (χ1) is 11.0. The summed E-state index contributed by atoms with van der Waals surface area (Å²) in [7, 11) is -3.62. The Hall–Kier alpha value is -1.45. The molecule has 3 rings (SSSR count). The van der Waals surface area contributed by atoms with Crippen molar-refractivity contribution in [1.29, 1.82) is 0 Å². The predicted molar refractivity (Wildman–Crippen MR) is 91.5 cm³/mol. The highest BCUT2D eigenvalue weighted by Gasteiger charge is 2.24. The number of thiazole rings is 1. The van der Waals surface area contributed by atoms with Gasteiger partial charge in [0.1, 0.15) is 9.90 Å². The second-order valence-electron chi connectivity index (χ2n) is 5.55. The quantitative estimate of drug-likeness (QED) is 0.896. The van der Waals surface area contributed by atoms with Crippen molar-refractivity contribution in [2.45, 2.75) is 24.0 Å². The number of thiophene rings is 1. The summed E-state index contributed by atoms with van der Waals surface area (Å²) >= 11 is 2.26. The van der Waals surface area contributed by atoms with Gasteiger partial charge in [0.05, 0.1) is 0 Å². The molecule has 1 fully saturated rings. The van der Waals surface area contributed by atoms with Gasteiger partial charge in [0.25, 0.3) is 15.9 Å². The Labute approximate surface area is 143 Å². The number of nitrogens with one attached hydrogen (secondary N) is 1. The number of rotatable bonds is 4. The number of amides is 1. The van der Waals surface area contributed by atoms with E-state index in [-0.39, 0.29) is 15.2 Å². The monoisotopic (exact) mass is 371 g/mol. The molecule has 0 unspecified atom stereocenters. The minimum atomic E-state index is -3.62. The maximum absolute atomic E-state index is 12.4. The van der Waals surface area contributed by atoms with Crippen LogP contribution in [-0.4, -0.2) is 37.3 Å². The van der Waals surface area contributed by atoms with Crippen molar-refractivity contribution in [3.8, 4) is 0 Å². The Bertz CT molecular complexity index is 775. The second kappa shape index (κ2) is 6.58. The van der Waals surface area contributed by atoms with Gasteiger partial charge >= 0.3 is 0 Å². The first kappa shape index (κ1) is 16.4. The molecule has 3 heterocycles. The minimum absolute atomic E-state index is 0.130. The van der Waals surface area contributed by atoms with E-state index in [2.05, 4.69) is 16.6 Å². The third-order valence-electron chi connectivity index (χ3n) is 3.78. The van der Waals surface area contributed by atoms with Crippen LogP contribution in [0.15, 0.2) is 27.1 Å². The van der Waals surface area contributed by atoms with Gasteiger partial charge in [0.2, 0.25) is 0 Å². The summed E-state index contributed by atoms with van der Waals surface area (Å²) in [6.07, 6.45) is 1.99. The summed E-state index contributed by atoms with van der Waals surface area (Å²) in [5.74, 6) is 0.511. The summed E-state index contributed by atoms with van der Waals surface area (Å²) in [5.41, 5.74) is 0.299. The zero-order valence-corrected chi connectivity index (χ0v) is 15.0. The van der Waals surface area contributed by atoms with Gasteiger partial charge in [-0.15, -0.1) is 22.7 Å². The zero-order chi connectivity index (χ0) is 16.4. The molecule has 1 amide bonds. The molecule has 0 atom stereocenters. The zero-order valence-electron chi connectivity index (χ0n) is 12.6. The van der Waals surface area contributed by atoms with Crippen molar-refractivity contribution in [3.05, 3.63) is 28.6 Å². The molecule has 0 spiro atoms. The number of aromatic nitrogens is 1. The average molecular weight is 372 g/mol. The number of hydrogen-bond donors (Lipinski definition) is 1. The highest BCUT2D eigenvalue weighted by Crippen LogP contribution is 2.24. The topological polar surface area (TPSA) is 79.4 Å². The summed E-state index contributed by atoms with van der Waals surface area (Å²) in [4.78, 5) is 18.3. The van der Waals surface area contributed by atoms with Crippen LogP contribution in [0.2, 0.25) is 0 Å². The van der Waals surface area contributed by atoms with E-state index in [1.54, 1.807) is 21.7 Å². The molecular formula is C14H17N3O3S3. The number of hydrogen-bond acceptors (Lipinski definition) is 6. The summed E-state index contributed by atoms with van der Waals surface area (Å²) < 4.78 is 27.0. The Balaban J connectivity index is 1.70. The molecule has 1 N–H and O–H groups in total. The molecule has 0 aromatic carbocycles. The minimum Gasteiger partial charge on any atom is -0.337 e. The third kappa shape index (κ3) is 3.73. The van der Waals surface area contributed by atoms with E-state index in [0.717, 1.165) is 48.6 Å². The van der Waals surface area contributed by atoms with Crippen LogP contribution in [-0.2, 0) is 10.0 Å². The molecule has 1 saturated heterocycles. The van der Waals surface area contributed by atoms with Crippen LogP contribution >= 0.6 is 22.7 Å². The standard InChI is InChI=1S/C14H17N3O3S3/c1-10-4-6-17(7-5-10)13(18)11-9-22-14(15-11)16-23(19,20)12-3-2-8-21-12/h2-3,8-10H,4-7H2,1H3,(H,15,16). The molecular weight excluding hydrogens is 354 g/mol. The van der Waals surface area contributed by atoms with E-state index in [0.29, 0.717) is 11.6 Å². The van der Waals surface area contributed by atoms with Crippen molar-refractivity contribution in [1.82, 2.24) is 9.88 Å². The van der Waals surface area contributed by atoms with Crippen molar-refractivity contribution in [2.24, 2.45) is 5.92 Å². The molecule has 0 radical (unpaired) electrons. The number of carbonyl (C=O) groups is 1. The maximum Gasteiger partial charge on any atom is 0.273 e. The maximum atomic E-state index is 12.4. The third-order valence-corrected chi connectivity index (χ3v) is 7.40. The highest BCUT2D eigenvalue weighted by atomic mass is 32.2. The van der Waals surface area contributed by atoms with Crippen LogP contribution in [0.3, 0.4) is 0 Å². The second-order valence-corrected chi connectivity index (χ2v) is 9.27. The molecule has 0 aliphatic carbocycles. The average Bonchev–Trinajstić information content (AvgIpc) is 3.18. The highest BCUT2D eigenvalue weighted by molar-refractivity contribution is 7.94. The van der Waals surface area contributed by atoms with Gasteiger partial charge in [-0.05, 0) is 30.2 Å². The van der Waals surface area contributed by atoms with E-state index in [1.807, 2.05) is 0 Å². The Morgan fingerprint density at radius 3 is 2.74 bits per heavy atom. The Morgan fingerprint density at radius 2 is 2.09 bits per heavy atom. The SMILES string of the molecule is CC1CCN(C(=O)c2csc(NS(=O)(=O)c3cccs3)n2)CC1. The van der Waals surface area contributed by atoms with Crippen LogP contribution in [0.1, 0.15) is 30.3 Å². The number of piperidine rings is 1. The van der Waals surface area contributed by atoms with E-state index < -0.39 is 10.0 Å². The van der Waals surface area contributed by atoms with Crippen LogP contribution in [0.4, 0.5) is 5.13 Å². The van der Waals surface area contributed by atoms with Gasteiger partial charge in [-0.1, -0.05) is 13.0 Å². The van der Waals surface area contributed by atoms with Gasteiger partial charge in [-0.3, -0.25) is 9.52 Å². The molecule has 2 aromatic rings. The van der Waals surface area contributed by atoms with Crippen molar-refractivity contribution >= 4 is 43.7 Å². The van der Waals surface area contributed by atoms with Crippen LogP contribution < -0.4 is 4.72 Å². The Kier molecular flexibility index (Phi) is 4.69. The number of likely N-dealkylation sites (tertiary alicyclic amines) is 1. The number of anilines is 1. The molecule has 124 valence electrons. The molecule has 0 saturated carbocycles. The summed E-state index contributed by atoms with van der Waals surface area (Å²) in [6, 6.07) is 3.20. The lowest BCUT2D eigenvalue weighted by Gasteiger charge is -2.29. The number of sulfonamides is 1. The molecule has 1 aliphatic heterocycles. The van der Waals surface area contributed by atoms with Gasteiger partial charge < -0.3 is 4.90 Å². The fourth-order valence-corrected chi connectivity index (χ4v) is 5.30. The molecule has 23 heavy (non-hydrogen) atoms. The smallest absolute Gasteiger partial charge is 0.273 e. The largest absolute Gasteiger partial charge is 0.337 e. The molecule has 2 aromatic heterocycles. The van der Waals surface area contributed by atoms with E-state index in [4.69, 9.17) is 0 Å². The lowest BCUT2D eigenvalue weighted by Crippen LogP contribution is -2.38. The lowest BCUT2D eigenvalue weighted by atomic mass is 9.99. The molecule has 9 heteroatoms. The number of carbonyl (C=O) groups excluding carboxylic acids is 1. The normalized spacial score (nSPS) is 16.5. The fourth-order valence-electron chi connectivity index (χ4n) is 2.37. The first-order valence-electron chi connectivity index (χ1n) is 7.27. The Morgan fingerprint density at radius 1 is 1.35 bits per heavy atom. The van der Waals surface area contributed by atoms with Gasteiger partial charge in [-0.25, -0.2) is 13.4 Å². The first-order valence-corrected chi connectivity index (χ1v) is 10.5. The van der Waals surface area contributed by atoms with E-state index in [9.17, 15) is 13.2 Å². The van der Waals surface area contributed by atoms with Gasteiger partial charge in [-0.2, -0.15) is 0 Å². The van der Waals surface area contributed by atoms with E-state index in [1.165, 1.54) is 6.07 Å². The summed E-state index contributed by atoms with van der Waals surface area (Å²) in [6.45, 7) is 3.64. The van der Waals surface area contributed by atoms with Crippen molar-refractivity contribution in [3.63, 3.8) is 0 Å². The van der Waals surface area contributed by atoms with Crippen molar-refractivity contribution < 1.29 is 13.2 Å². The van der Waals surface area contributed by atoms with Crippen molar-refractivity contribution in [2.75, 3.05) is 17.8 Å². The fraction of sp³-hybridized carbons (Fsp3) is 0.429. The van der Waals surface area contributed by atoms with Crippen LogP contribution in [0.25, 0.3) is 0 Å². The predicted octanol–water partition coefficient (Wildman–Crippen LogP) is 2.88. The van der Waals surface area contributed by atoms with E-state index >= 15 is 0 Å².